The van der Waals surface area contributed by atoms with Gasteiger partial charge in [-0.05, 0) is 45.0 Å². The standard InChI is InChI=1S/C13H18ClF3N2S/c1-9(11-2-3-12(14)20-11)18-10-4-6-19(7-5-10)8-13(15,16)17/h2-3,9-10,18H,4-8H2,1H3. The van der Waals surface area contributed by atoms with Crippen molar-refractivity contribution in [2.45, 2.75) is 38.0 Å². The monoisotopic (exact) mass is 326 g/mol. The fraction of sp³-hybridized carbons (Fsp3) is 0.692. The lowest BCUT2D eigenvalue weighted by atomic mass is 10.0. The van der Waals surface area contributed by atoms with Crippen LogP contribution >= 0.6 is 22.9 Å². The molecule has 1 aromatic heterocycles. The molecule has 114 valence electrons. The average molecular weight is 327 g/mol. The number of rotatable bonds is 4. The van der Waals surface area contributed by atoms with Gasteiger partial charge in [-0.25, -0.2) is 0 Å². The maximum absolute atomic E-state index is 12.3. The highest BCUT2D eigenvalue weighted by atomic mass is 35.5. The number of alkyl halides is 3. The van der Waals surface area contributed by atoms with E-state index < -0.39 is 12.7 Å². The highest BCUT2D eigenvalue weighted by Gasteiger charge is 2.32. The summed E-state index contributed by atoms with van der Waals surface area (Å²) in [7, 11) is 0. The van der Waals surface area contributed by atoms with Crippen LogP contribution in [0, 0.1) is 0 Å². The zero-order valence-corrected chi connectivity index (χ0v) is 12.8. The summed E-state index contributed by atoms with van der Waals surface area (Å²) in [6.07, 6.45) is -2.60. The molecule has 20 heavy (non-hydrogen) atoms. The minimum atomic E-state index is -4.10. The van der Waals surface area contributed by atoms with Crippen molar-refractivity contribution in [1.29, 1.82) is 0 Å². The SMILES string of the molecule is CC(NC1CCN(CC(F)(F)F)CC1)c1ccc(Cl)s1. The Morgan fingerprint density at radius 3 is 2.55 bits per heavy atom. The molecule has 1 unspecified atom stereocenters. The van der Waals surface area contributed by atoms with Crippen molar-refractivity contribution >= 4 is 22.9 Å². The van der Waals surface area contributed by atoms with Crippen LogP contribution in [0.5, 0.6) is 0 Å². The van der Waals surface area contributed by atoms with E-state index in [1.54, 1.807) is 0 Å². The first-order valence-corrected chi connectivity index (χ1v) is 7.83. The van der Waals surface area contributed by atoms with Gasteiger partial charge in [0.15, 0.2) is 0 Å². The molecule has 1 aliphatic heterocycles. The Kier molecular flexibility index (Phi) is 5.34. The number of halogens is 4. The van der Waals surface area contributed by atoms with Crippen LogP contribution in [0.3, 0.4) is 0 Å². The first kappa shape index (κ1) is 16.1. The van der Waals surface area contributed by atoms with Gasteiger partial charge in [-0.15, -0.1) is 11.3 Å². The van der Waals surface area contributed by atoms with Crippen LogP contribution in [0.25, 0.3) is 0 Å². The third kappa shape index (κ3) is 4.91. The number of piperidine rings is 1. The summed E-state index contributed by atoms with van der Waals surface area (Å²) < 4.78 is 37.7. The highest BCUT2D eigenvalue weighted by molar-refractivity contribution is 7.16. The normalized spacial score (nSPS) is 20.2. The number of hydrogen-bond donors (Lipinski definition) is 1. The van der Waals surface area contributed by atoms with Crippen LogP contribution in [-0.4, -0.2) is 36.8 Å². The van der Waals surface area contributed by atoms with Crippen LogP contribution in [-0.2, 0) is 0 Å². The number of nitrogens with one attached hydrogen (secondary N) is 1. The molecule has 0 saturated carbocycles. The van der Waals surface area contributed by atoms with Gasteiger partial charge in [0.1, 0.15) is 0 Å². The van der Waals surface area contributed by atoms with Crippen LogP contribution in [0.15, 0.2) is 12.1 Å². The summed E-state index contributed by atoms with van der Waals surface area (Å²) in [6, 6.07) is 4.32. The molecule has 2 rings (SSSR count). The predicted molar refractivity (Wildman–Crippen MR) is 76.4 cm³/mol. The van der Waals surface area contributed by atoms with E-state index in [1.165, 1.54) is 16.2 Å². The van der Waals surface area contributed by atoms with E-state index in [0.717, 1.165) is 22.1 Å². The van der Waals surface area contributed by atoms with Gasteiger partial charge in [0.2, 0.25) is 0 Å². The Morgan fingerprint density at radius 1 is 1.40 bits per heavy atom. The van der Waals surface area contributed by atoms with Crippen LogP contribution < -0.4 is 5.32 Å². The van der Waals surface area contributed by atoms with E-state index in [9.17, 15) is 13.2 Å². The van der Waals surface area contributed by atoms with E-state index in [1.807, 2.05) is 12.1 Å². The maximum atomic E-state index is 12.3. The molecule has 7 heteroatoms. The predicted octanol–water partition coefficient (Wildman–Crippen LogP) is 4.08. The van der Waals surface area contributed by atoms with E-state index >= 15 is 0 Å². The fourth-order valence-corrected chi connectivity index (χ4v) is 3.58. The number of likely N-dealkylation sites (tertiary alicyclic amines) is 1. The molecule has 2 nitrogen and oxygen atoms in total. The third-order valence-electron chi connectivity index (χ3n) is 3.50. The molecule has 0 radical (unpaired) electrons. The first-order valence-electron chi connectivity index (χ1n) is 6.64. The van der Waals surface area contributed by atoms with Crippen molar-refractivity contribution in [3.8, 4) is 0 Å². The molecule has 1 aliphatic rings. The summed E-state index contributed by atoms with van der Waals surface area (Å²) in [4.78, 5) is 2.64. The fourth-order valence-electron chi connectivity index (χ4n) is 2.51. The maximum Gasteiger partial charge on any atom is 0.401 e. The largest absolute Gasteiger partial charge is 0.401 e. The quantitative estimate of drug-likeness (QED) is 0.897. The zero-order chi connectivity index (χ0) is 14.8. The highest BCUT2D eigenvalue weighted by Crippen LogP contribution is 2.28. The lowest BCUT2D eigenvalue weighted by Crippen LogP contribution is -2.46. The minimum Gasteiger partial charge on any atom is -0.307 e. The van der Waals surface area contributed by atoms with E-state index in [2.05, 4.69) is 12.2 Å². The van der Waals surface area contributed by atoms with Gasteiger partial charge in [-0.2, -0.15) is 13.2 Å². The Hall–Kier alpha value is -0.300. The smallest absolute Gasteiger partial charge is 0.307 e. The van der Waals surface area contributed by atoms with Gasteiger partial charge in [0.25, 0.3) is 0 Å². The summed E-state index contributed by atoms with van der Waals surface area (Å²) in [5.74, 6) is 0. The molecule has 1 atom stereocenters. The van der Waals surface area contributed by atoms with Crippen molar-refractivity contribution in [2.24, 2.45) is 0 Å². The van der Waals surface area contributed by atoms with E-state index in [4.69, 9.17) is 11.6 Å². The van der Waals surface area contributed by atoms with E-state index in [0.29, 0.717) is 13.1 Å². The van der Waals surface area contributed by atoms with Crippen molar-refractivity contribution in [2.75, 3.05) is 19.6 Å². The lowest BCUT2D eigenvalue weighted by Gasteiger charge is -2.34. The van der Waals surface area contributed by atoms with Crippen LogP contribution in [0.1, 0.15) is 30.7 Å². The summed E-state index contributed by atoms with van der Waals surface area (Å²) in [6.45, 7) is 2.25. The van der Waals surface area contributed by atoms with Crippen LogP contribution in [0.2, 0.25) is 4.34 Å². The molecular formula is C13H18ClF3N2S. The Bertz CT molecular complexity index is 427. The number of thiophene rings is 1. The molecule has 0 bridgehead atoms. The summed E-state index contributed by atoms with van der Waals surface area (Å²) in [5, 5.41) is 3.48. The minimum absolute atomic E-state index is 0.187. The molecular weight excluding hydrogens is 309 g/mol. The Morgan fingerprint density at radius 2 is 2.05 bits per heavy atom. The molecule has 2 heterocycles. The van der Waals surface area contributed by atoms with Crippen molar-refractivity contribution in [3.63, 3.8) is 0 Å². The third-order valence-corrected chi connectivity index (χ3v) is 4.91. The van der Waals surface area contributed by atoms with Gasteiger partial charge in [-0.3, -0.25) is 4.90 Å². The van der Waals surface area contributed by atoms with Gasteiger partial charge >= 0.3 is 6.18 Å². The molecule has 1 fully saturated rings. The number of nitrogens with zero attached hydrogens (tertiary/aromatic N) is 1. The van der Waals surface area contributed by atoms with Gasteiger partial charge in [0.05, 0.1) is 10.9 Å². The molecule has 0 spiro atoms. The lowest BCUT2D eigenvalue weighted by molar-refractivity contribution is -0.148. The van der Waals surface area contributed by atoms with Crippen molar-refractivity contribution in [3.05, 3.63) is 21.3 Å². The average Bonchev–Trinajstić information content (AvgIpc) is 2.77. The topological polar surface area (TPSA) is 15.3 Å². The van der Waals surface area contributed by atoms with Gasteiger partial charge in [-0.1, -0.05) is 11.6 Å². The molecule has 0 aliphatic carbocycles. The second-order valence-corrected chi connectivity index (χ2v) is 6.94. The molecule has 1 saturated heterocycles. The second kappa shape index (κ2) is 6.64. The molecule has 0 aromatic carbocycles. The first-order chi connectivity index (χ1) is 9.33. The molecule has 1 aromatic rings. The molecule has 1 N–H and O–H groups in total. The zero-order valence-electron chi connectivity index (χ0n) is 11.2. The van der Waals surface area contributed by atoms with Crippen molar-refractivity contribution < 1.29 is 13.2 Å². The van der Waals surface area contributed by atoms with Gasteiger partial charge in [0, 0.05) is 17.0 Å². The van der Waals surface area contributed by atoms with Crippen molar-refractivity contribution in [1.82, 2.24) is 10.2 Å². The Balaban J connectivity index is 1.77. The van der Waals surface area contributed by atoms with Crippen LogP contribution in [0.4, 0.5) is 13.2 Å². The Labute approximate surface area is 125 Å². The second-order valence-electron chi connectivity index (χ2n) is 5.20. The molecule has 0 amide bonds. The summed E-state index contributed by atoms with van der Waals surface area (Å²) in [5.41, 5.74) is 0. The van der Waals surface area contributed by atoms with E-state index in [-0.39, 0.29) is 12.1 Å². The van der Waals surface area contributed by atoms with Gasteiger partial charge < -0.3 is 5.32 Å². The number of hydrogen-bond acceptors (Lipinski definition) is 3. The summed E-state index contributed by atoms with van der Waals surface area (Å²) >= 11 is 7.44.